The first-order chi connectivity index (χ1) is 5.17. The van der Waals surface area contributed by atoms with E-state index in [0.717, 1.165) is 0 Å². The van der Waals surface area contributed by atoms with E-state index in [1.54, 1.807) is 24.5 Å². The Balaban J connectivity index is 2.93. The van der Waals surface area contributed by atoms with Crippen molar-refractivity contribution in [2.75, 3.05) is 5.33 Å². The molecule has 0 spiro atoms. The normalized spacial score (nSPS) is 15.9. The largest absolute Gasteiger partial charge is 0.265 e. The van der Waals surface area contributed by atoms with Crippen LogP contribution >= 0.6 is 15.9 Å². The number of halogens is 2. The molecule has 0 unspecified atom stereocenters. The Bertz CT molecular complexity index is 223. The molecule has 0 amide bonds. The molecule has 0 aliphatic carbocycles. The molecule has 3 heteroatoms. The zero-order valence-electron chi connectivity index (χ0n) is 6.22. The molecule has 1 atom stereocenters. The van der Waals surface area contributed by atoms with Crippen molar-refractivity contribution in [2.45, 2.75) is 12.6 Å². The zero-order chi connectivity index (χ0) is 8.32. The fraction of sp³-hybridized carbons (Fsp3) is 0.375. The molecule has 1 heterocycles. The number of aromatic nitrogens is 1. The smallest absolute Gasteiger partial charge is 0.142 e. The summed E-state index contributed by atoms with van der Waals surface area (Å²) in [5.41, 5.74) is -0.632. The van der Waals surface area contributed by atoms with Crippen molar-refractivity contribution in [1.29, 1.82) is 0 Å². The van der Waals surface area contributed by atoms with Gasteiger partial charge < -0.3 is 0 Å². The van der Waals surface area contributed by atoms with Crippen molar-refractivity contribution in [2.24, 2.45) is 0 Å². The SMILES string of the molecule is C[C@](F)(CBr)c1ccncc1. The van der Waals surface area contributed by atoms with Crippen LogP contribution in [0.4, 0.5) is 4.39 Å². The average Bonchev–Trinajstić information content (AvgIpc) is 2.06. The Morgan fingerprint density at radius 2 is 2.09 bits per heavy atom. The highest BCUT2D eigenvalue weighted by Crippen LogP contribution is 2.26. The molecule has 0 saturated carbocycles. The van der Waals surface area contributed by atoms with E-state index < -0.39 is 5.67 Å². The Labute approximate surface area is 73.8 Å². The van der Waals surface area contributed by atoms with Crippen LogP contribution in [0.1, 0.15) is 12.5 Å². The number of rotatable bonds is 2. The van der Waals surface area contributed by atoms with Crippen LogP contribution in [-0.2, 0) is 5.67 Å². The van der Waals surface area contributed by atoms with E-state index in [1.807, 2.05) is 0 Å². The lowest BCUT2D eigenvalue weighted by atomic mass is 10.0. The molecule has 1 rings (SSSR count). The average molecular weight is 218 g/mol. The molecule has 1 aromatic heterocycles. The molecular formula is C8H9BrFN. The minimum Gasteiger partial charge on any atom is -0.265 e. The fourth-order valence-corrected chi connectivity index (χ4v) is 1.10. The van der Waals surface area contributed by atoms with Crippen molar-refractivity contribution in [3.05, 3.63) is 30.1 Å². The third-order valence-electron chi connectivity index (χ3n) is 1.53. The molecule has 0 aliphatic heterocycles. The van der Waals surface area contributed by atoms with Crippen LogP contribution in [-0.4, -0.2) is 10.3 Å². The maximum atomic E-state index is 13.5. The predicted molar refractivity (Wildman–Crippen MR) is 46.5 cm³/mol. The highest BCUT2D eigenvalue weighted by atomic mass is 79.9. The Hall–Kier alpha value is -0.440. The van der Waals surface area contributed by atoms with Gasteiger partial charge in [-0.05, 0) is 24.6 Å². The van der Waals surface area contributed by atoms with E-state index in [9.17, 15) is 4.39 Å². The monoisotopic (exact) mass is 217 g/mol. The van der Waals surface area contributed by atoms with Crippen molar-refractivity contribution >= 4 is 15.9 Å². The molecular weight excluding hydrogens is 209 g/mol. The summed E-state index contributed by atoms with van der Waals surface area (Å²) in [6, 6.07) is 3.36. The second-order valence-corrected chi connectivity index (χ2v) is 3.13. The predicted octanol–water partition coefficient (Wildman–Crippen LogP) is 2.66. The fourth-order valence-electron chi connectivity index (χ4n) is 0.777. The lowest BCUT2D eigenvalue weighted by Crippen LogP contribution is -2.16. The van der Waals surface area contributed by atoms with Crippen molar-refractivity contribution in [1.82, 2.24) is 4.98 Å². The van der Waals surface area contributed by atoms with Gasteiger partial charge in [0.2, 0.25) is 0 Å². The van der Waals surface area contributed by atoms with Crippen molar-refractivity contribution in [3.8, 4) is 0 Å². The van der Waals surface area contributed by atoms with Gasteiger partial charge in [-0.1, -0.05) is 15.9 Å². The third kappa shape index (κ3) is 1.99. The molecule has 0 aliphatic rings. The topological polar surface area (TPSA) is 12.9 Å². The lowest BCUT2D eigenvalue weighted by Gasteiger charge is -2.16. The van der Waals surface area contributed by atoms with E-state index in [4.69, 9.17) is 0 Å². The maximum Gasteiger partial charge on any atom is 0.142 e. The van der Waals surface area contributed by atoms with Crippen molar-refractivity contribution < 1.29 is 4.39 Å². The van der Waals surface area contributed by atoms with Gasteiger partial charge in [-0.2, -0.15) is 0 Å². The van der Waals surface area contributed by atoms with E-state index in [1.165, 1.54) is 6.92 Å². The van der Waals surface area contributed by atoms with Crippen LogP contribution in [0.5, 0.6) is 0 Å². The first kappa shape index (κ1) is 8.65. The highest BCUT2D eigenvalue weighted by Gasteiger charge is 2.23. The first-order valence-electron chi connectivity index (χ1n) is 3.32. The number of hydrogen-bond acceptors (Lipinski definition) is 1. The summed E-state index contributed by atoms with van der Waals surface area (Å²) in [6.07, 6.45) is 3.19. The Kier molecular flexibility index (Phi) is 2.60. The second kappa shape index (κ2) is 3.30. The molecule has 1 aromatic rings. The standard InChI is InChI=1S/C8H9BrFN/c1-8(10,6-9)7-2-4-11-5-3-7/h2-5H,6H2,1H3/t8-/m0/s1. The summed E-state index contributed by atoms with van der Waals surface area (Å²) in [6.45, 7) is 1.54. The molecule has 60 valence electrons. The number of pyridine rings is 1. The molecule has 0 bridgehead atoms. The van der Waals surface area contributed by atoms with Crippen LogP contribution in [0.15, 0.2) is 24.5 Å². The van der Waals surface area contributed by atoms with Gasteiger partial charge in [0.1, 0.15) is 5.67 Å². The number of hydrogen-bond donors (Lipinski definition) is 0. The number of nitrogens with zero attached hydrogens (tertiary/aromatic N) is 1. The summed E-state index contributed by atoms with van der Waals surface area (Å²) in [7, 11) is 0. The molecule has 1 nitrogen and oxygen atoms in total. The van der Waals surface area contributed by atoms with Gasteiger partial charge in [-0.3, -0.25) is 4.98 Å². The van der Waals surface area contributed by atoms with Gasteiger partial charge in [0.15, 0.2) is 0 Å². The van der Waals surface area contributed by atoms with Crippen LogP contribution in [0.2, 0.25) is 0 Å². The lowest BCUT2D eigenvalue weighted by molar-refractivity contribution is 0.230. The minimum atomic E-state index is -1.29. The van der Waals surface area contributed by atoms with E-state index in [-0.39, 0.29) is 0 Å². The maximum absolute atomic E-state index is 13.5. The zero-order valence-corrected chi connectivity index (χ0v) is 7.81. The molecule has 0 N–H and O–H groups in total. The van der Waals surface area contributed by atoms with Gasteiger partial charge in [0.25, 0.3) is 0 Å². The van der Waals surface area contributed by atoms with Crippen LogP contribution < -0.4 is 0 Å². The van der Waals surface area contributed by atoms with Gasteiger partial charge in [-0.25, -0.2) is 4.39 Å². The first-order valence-corrected chi connectivity index (χ1v) is 4.44. The molecule has 0 saturated heterocycles. The van der Waals surface area contributed by atoms with Crippen LogP contribution in [0.25, 0.3) is 0 Å². The van der Waals surface area contributed by atoms with Crippen molar-refractivity contribution in [3.63, 3.8) is 0 Å². The van der Waals surface area contributed by atoms with E-state index >= 15 is 0 Å². The van der Waals surface area contributed by atoms with Gasteiger partial charge >= 0.3 is 0 Å². The van der Waals surface area contributed by atoms with Gasteiger partial charge in [0.05, 0.1) is 0 Å². The van der Waals surface area contributed by atoms with Crippen LogP contribution in [0.3, 0.4) is 0 Å². The summed E-state index contributed by atoms with van der Waals surface area (Å²) in [5, 5.41) is 0.310. The van der Waals surface area contributed by atoms with Crippen LogP contribution in [0, 0.1) is 0 Å². The van der Waals surface area contributed by atoms with E-state index in [2.05, 4.69) is 20.9 Å². The van der Waals surface area contributed by atoms with E-state index in [0.29, 0.717) is 10.9 Å². The molecule has 0 aromatic carbocycles. The molecule has 0 radical (unpaired) electrons. The minimum absolute atomic E-state index is 0.310. The van der Waals surface area contributed by atoms with Gasteiger partial charge in [-0.15, -0.1) is 0 Å². The highest BCUT2D eigenvalue weighted by molar-refractivity contribution is 9.09. The summed E-state index contributed by atoms with van der Waals surface area (Å²) in [5.74, 6) is 0. The summed E-state index contributed by atoms with van der Waals surface area (Å²) < 4.78 is 13.5. The van der Waals surface area contributed by atoms with Gasteiger partial charge in [0, 0.05) is 17.7 Å². The summed E-state index contributed by atoms with van der Waals surface area (Å²) >= 11 is 3.11. The number of alkyl halides is 2. The second-order valence-electron chi connectivity index (χ2n) is 2.57. The third-order valence-corrected chi connectivity index (χ3v) is 2.59. The quantitative estimate of drug-likeness (QED) is 0.695. The Morgan fingerprint density at radius 3 is 2.55 bits per heavy atom. The Morgan fingerprint density at radius 1 is 1.55 bits per heavy atom. The molecule has 11 heavy (non-hydrogen) atoms. The molecule has 0 fully saturated rings. The summed E-state index contributed by atoms with van der Waals surface area (Å²) in [4.78, 5) is 3.81.